The van der Waals surface area contributed by atoms with Crippen LogP contribution in [0.15, 0.2) is 167 Å². The molecule has 0 amide bonds. The Morgan fingerprint density at radius 3 is 2.17 bits per heavy atom. The van der Waals surface area contributed by atoms with Crippen LogP contribution in [0.4, 0.5) is 0 Å². The Labute approximate surface area is 273 Å². The summed E-state index contributed by atoms with van der Waals surface area (Å²) in [5.74, 6) is 0.867. The normalized spacial score (nSPS) is 19.4. The molecule has 5 heteroatoms. The second-order valence-corrected chi connectivity index (χ2v) is 12.2. The van der Waals surface area contributed by atoms with E-state index in [4.69, 9.17) is 9.98 Å². The number of hydrogen-bond acceptors (Lipinski definition) is 4. The van der Waals surface area contributed by atoms with Crippen LogP contribution in [0.2, 0.25) is 0 Å². The van der Waals surface area contributed by atoms with Crippen LogP contribution in [-0.4, -0.2) is 22.8 Å². The molecule has 2 aliphatic heterocycles. The van der Waals surface area contributed by atoms with Gasteiger partial charge in [-0.2, -0.15) is 0 Å². The molecular formula is C42H33N5. The first-order valence-electron chi connectivity index (χ1n) is 16.2. The monoisotopic (exact) mass is 607 g/mol. The molecule has 2 N–H and O–H groups in total. The van der Waals surface area contributed by atoms with Crippen molar-refractivity contribution >= 4 is 44.6 Å². The Bertz CT molecular complexity index is 2350. The average molecular weight is 608 g/mol. The zero-order valence-corrected chi connectivity index (χ0v) is 25.8. The zero-order valence-electron chi connectivity index (χ0n) is 25.8. The van der Waals surface area contributed by atoms with Crippen molar-refractivity contribution in [3.8, 4) is 11.1 Å². The molecule has 3 unspecified atom stereocenters. The van der Waals surface area contributed by atoms with Crippen LogP contribution >= 0.6 is 0 Å². The van der Waals surface area contributed by atoms with Crippen molar-refractivity contribution in [2.75, 3.05) is 0 Å². The van der Waals surface area contributed by atoms with Gasteiger partial charge in [0.2, 0.25) is 0 Å². The molecule has 6 aromatic carbocycles. The summed E-state index contributed by atoms with van der Waals surface area (Å²) in [5.41, 5.74) is 8.07. The molecule has 0 bridgehead atoms. The summed E-state index contributed by atoms with van der Waals surface area (Å²) >= 11 is 0. The summed E-state index contributed by atoms with van der Waals surface area (Å²) in [6.45, 7) is 0. The predicted octanol–water partition coefficient (Wildman–Crippen LogP) is 9.18. The van der Waals surface area contributed by atoms with Crippen molar-refractivity contribution in [1.29, 1.82) is 0 Å². The largest absolute Gasteiger partial charge is 0.350 e. The summed E-state index contributed by atoms with van der Waals surface area (Å²) in [6, 6.07) is 51.4. The minimum absolute atomic E-state index is 0.0356. The SMILES string of the molecule is C1=NC(n2c3ccccc3c3c4ccccc4ccc32)CC=C1C1NC(c2cccc(-c3ccccc3)c2)=NC(c2ccccc2)N1. The highest BCUT2D eigenvalue weighted by Crippen LogP contribution is 2.38. The van der Waals surface area contributed by atoms with E-state index in [2.05, 4.69) is 155 Å². The molecule has 3 atom stereocenters. The standard InChI is InChI=1S/C42H33N5/c1-3-12-28(13-4-1)31-17-11-18-32(26-31)41-44-40(30-15-5-2-6-16-30)45-42(46-41)33-23-25-38(43-27-33)47-36-21-10-9-20-35(36)39-34-19-8-7-14-29(34)22-24-37(39)47/h1-24,26-27,38,40,42,45H,25H2,(H,44,46). The Kier molecular flexibility index (Phi) is 6.76. The molecule has 0 fully saturated rings. The van der Waals surface area contributed by atoms with Crippen LogP contribution in [0.3, 0.4) is 0 Å². The topological polar surface area (TPSA) is 53.7 Å². The van der Waals surface area contributed by atoms with Crippen LogP contribution in [0.25, 0.3) is 43.7 Å². The zero-order chi connectivity index (χ0) is 31.2. The molecule has 5 nitrogen and oxygen atoms in total. The molecule has 2 aliphatic rings. The summed E-state index contributed by atoms with van der Waals surface area (Å²) in [7, 11) is 0. The summed E-state index contributed by atoms with van der Waals surface area (Å²) < 4.78 is 2.41. The van der Waals surface area contributed by atoms with Crippen LogP contribution in [-0.2, 0) is 0 Å². The van der Waals surface area contributed by atoms with Crippen molar-refractivity contribution < 1.29 is 0 Å². The number of dihydropyridines is 1. The van der Waals surface area contributed by atoms with Gasteiger partial charge in [-0.25, -0.2) is 4.99 Å². The highest BCUT2D eigenvalue weighted by Gasteiger charge is 2.28. The molecule has 0 saturated carbocycles. The van der Waals surface area contributed by atoms with Gasteiger partial charge in [-0.1, -0.05) is 133 Å². The van der Waals surface area contributed by atoms with Crippen LogP contribution in [0.1, 0.15) is 29.9 Å². The fourth-order valence-corrected chi connectivity index (χ4v) is 7.14. The van der Waals surface area contributed by atoms with E-state index >= 15 is 0 Å². The van der Waals surface area contributed by atoms with E-state index in [-0.39, 0.29) is 18.5 Å². The summed E-state index contributed by atoms with van der Waals surface area (Å²) in [6.07, 6.45) is 4.78. The highest BCUT2D eigenvalue weighted by atomic mass is 15.3. The van der Waals surface area contributed by atoms with E-state index in [9.17, 15) is 0 Å². The Morgan fingerprint density at radius 1 is 0.617 bits per heavy atom. The number of para-hydroxylation sites is 1. The average Bonchev–Trinajstić information content (AvgIpc) is 3.50. The summed E-state index contributed by atoms with van der Waals surface area (Å²) in [5, 5.41) is 12.6. The first kappa shape index (κ1) is 27.5. The lowest BCUT2D eigenvalue weighted by Crippen LogP contribution is -2.52. The lowest BCUT2D eigenvalue weighted by Gasteiger charge is -2.33. The van der Waals surface area contributed by atoms with E-state index in [0.717, 1.165) is 29.0 Å². The number of aliphatic imine (C=N–C) groups is 2. The van der Waals surface area contributed by atoms with Gasteiger partial charge in [0.25, 0.3) is 0 Å². The molecule has 0 spiro atoms. The molecular weight excluding hydrogens is 574 g/mol. The van der Waals surface area contributed by atoms with Gasteiger partial charge in [-0.15, -0.1) is 0 Å². The molecule has 0 saturated heterocycles. The van der Waals surface area contributed by atoms with Gasteiger partial charge in [0, 0.05) is 34.5 Å². The minimum Gasteiger partial charge on any atom is -0.350 e. The number of amidine groups is 1. The maximum atomic E-state index is 5.21. The van der Waals surface area contributed by atoms with E-state index in [1.54, 1.807) is 0 Å². The van der Waals surface area contributed by atoms with Gasteiger partial charge >= 0.3 is 0 Å². The Morgan fingerprint density at radius 2 is 1.34 bits per heavy atom. The number of aromatic nitrogens is 1. The first-order valence-corrected chi connectivity index (χ1v) is 16.2. The third-order valence-electron chi connectivity index (χ3n) is 9.41. The van der Waals surface area contributed by atoms with Gasteiger partial charge in [0.05, 0.1) is 11.0 Å². The van der Waals surface area contributed by atoms with E-state index in [0.29, 0.717) is 0 Å². The Hall–Kier alpha value is -5.78. The van der Waals surface area contributed by atoms with Crippen molar-refractivity contribution in [3.05, 3.63) is 168 Å². The second kappa shape index (κ2) is 11.5. The smallest absolute Gasteiger partial charge is 0.131 e. The van der Waals surface area contributed by atoms with Gasteiger partial charge in [0.1, 0.15) is 24.3 Å². The fraction of sp³-hybridized carbons (Fsp3) is 0.0952. The number of fused-ring (bicyclic) bond motifs is 5. The van der Waals surface area contributed by atoms with Crippen molar-refractivity contribution in [3.63, 3.8) is 0 Å². The fourth-order valence-electron chi connectivity index (χ4n) is 7.14. The molecule has 9 rings (SSSR count). The molecule has 7 aromatic rings. The third kappa shape index (κ3) is 4.93. The van der Waals surface area contributed by atoms with Crippen LogP contribution < -0.4 is 10.6 Å². The van der Waals surface area contributed by atoms with Crippen molar-refractivity contribution in [1.82, 2.24) is 15.2 Å². The molecule has 1 aromatic heterocycles. The quantitative estimate of drug-likeness (QED) is 0.205. The van der Waals surface area contributed by atoms with Gasteiger partial charge in [0.15, 0.2) is 0 Å². The van der Waals surface area contributed by atoms with Crippen LogP contribution in [0.5, 0.6) is 0 Å². The van der Waals surface area contributed by atoms with Crippen molar-refractivity contribution in [2.24, 2.45) is 9.98 Å². The number of benzene rings is 6. The summed E-state index contributed by atoms with van der Waals surface area (Å²) in [4.78, 5) is 10.4. The third-order valence-corrected chi connectivity index (χ3v) is 9.41. The van der Waals surface area contributed by atoms with E-state index in [1.807, 2.05) is 18.3 Å². The highest BCUT2D eigenvalue weighted by molar-refractivity contribution is 6.20. The van der Waals surface area contributed by atoms with E-state index < -0.39 is 0 Å². The number of hydrogen-bond donors (Lipinski definition) is 2. The van der Waals surface area contributed by atoms with Gasteiger partial charge in [-0.3, -0.25) is 10.3 Å². The predicted molar refractivity (Wildman–Crippen MR) is 195 cm³/mol. The second-order valence-electron chi connectivity index (χ2n) is 12.2. The molecule has 0 radical (unpaired) electrons. The Balaban J connectivity index is 1.06. The van der Waals surface area contributed by atoms with Gasteiger partial charge in [-0.05, 0) is 45.7 Å². The molecule has 0 aliphatic carbocycles. The number of rotatable bonds is 5. The van der Waals surface area contributed by atoms with Crippen molar-refractivity contribution in [2.45, 2.75) is 24.9 Å². The van der Waals surface area contributed by atoms with Gasteiger partial charge < -0.3 is 9.88 Å². The molecule has 47 heavy (non-hydrogen) atoms. The first-order chi connectivity index (χ1) is 23.3. The molecule has 3 heterocycles. The minimum atomic E-state index is -0.199. The van der Waals surface area contributed by atoms with E-state index in [1.165, 1.54) is 43.7 Å². The lowest BCUT2D eigenvalue weighted by molar-refractivity contribution is 0.440. The molecule has 226 valence electrons. The number of nitrogens with one attached hydrogen (secondary N) is 2. The lowest BCUT2D eigenvalue weighted by atomic mass is 10.0. The number of nitrogens with zero attached hydrogens (tertiary/aromatic N) is 3. The maximum absolute atomic E-state index is 5.21. The maximum Gasteiger partial charge on any atom is 0.131 e. The van der Waals surface area contributed by atoms with Crippen LogP contribution in [0, 0.1) is 0 Å².